The van der Waals surface area contributed by atoms with Crippen LogP contribution in [0.4, 0.5) is 5.69 Å². The molecule has 0 aromatic carbocycles. The van der Waals surface area contributed by atoms with E-state index >= 15 is 0 Å². The minimum absolute atomic E-state index is 0. The summed E-state index contributed by atoms with van der Waals surface area (Å²) in [5, 5.41) is 10.8. The minimum Gasteiger partial charge on any atom is -0.356 e. The van der Waals surface area contributed by atoms with E-state index in [0.717, 1.165) is 49.7 Å². The molecule has 10 heteroatoms. The summed E-state index contributed by atoms with van der Waals surface area (Å²) in [7, 11) is 3.62. The molecule has 1 fully saturated rings. The smallest absolute Gasteiger partial charge is 0.246 e. The van der Waals surface area contributed by atoms with Gasteiger partial charge in [-0.25, -0.2) is 4.98 Å². The lowest BCUT2D eigenvalue weighted by atomic mass is 10.2. The van der Waals surface area contributed by atoms with E-state index < -0.39 is 0 Å². The average Bonchev–Trinajstić information content (AvgIpc) is 3.26. The van der Waals surface area contributed by atoms with E-state index in [9.17, 15) is 4.79 Å². The predicted molar refractivity (Wildman–Crippen MR) is 124 cm³/mol. The van der Waals surface area contributed by atoms with Crippen LogP contribution in [0.25, 0.3) is 0 Å². The molecule has 0 saturated carbocycles. The van der Waals surface area contributed by atoms with Crippen LogP contribution in [0.5, 0.6) is 0 Å². The number of nitrogens with zero attached hydrogens (tertiary/aromatic N) is 6. The first-order valence-corrected chi connectivity index (χ1v) is 10.1. The highest BCUT2D eigenvalue weighted by atomic mass is 127. The van der Waals surface area contributed by atoms with E-state index in [4.69, 9.17) is 0 Å². The molecular weight excluding hydrogens is 489 g/mol. The lowest BCUT2D eigenvalue weighted by Gasteiger charge is -2.35. The van der Waals surface area contributed by atoms with E-state index in [1.807, 2.05) is 25.1 Å². The molecule has 1 N–H and O–H groups in total. The third-order valence-electron chi connectivity index (χ3n) is 4.50. The minimum atomic E-state index is 0. The Kier molecular flexibility index (Phi) is 8.67. The average molecular weight is 517 g/mol. The van der Waals surface area contributed by atoms with E-state index in [0.29, 0.717) is 13.1 Å². The van der Waals surface area contributed by atoms with Crippen LogP contribution in [-0.4, -0.2) is 64.8 Å². The van der Waals surface area contributed by atoms with Crippen molar-refractivity contribution in [1.82, 2.24) is 25.0 Å². The Bertz CT molecular complexity index is 803. The number of piperazine rings is 1. The molecule has 3 rings (SSSR count). The number of anilines is 1. The van der Waals surface area contributed by atoms with Crippen LogP contribution in [0, 0.1) is 6.92 Å². The van der Waals surface area contributed by atoms with Gasteiger partial charge in [-0.3, -0.25) is 14.5 Å². The van der Waals surface area contributed by atoms with Crippen molar-refractivity contribution in [2.24, 2.45) is 12.0 Å². The van der Waals surface area contributed by atoms with Crippen molar-refractivity contribution in [2.75, 3.05) is 38.1 Å². The van der Waals surface area contributed by atoms with E-state index in [1.54, 1.807) is 34.2 Å². The first kappa shape index (κ1) is 22.6. The fourth-order valence-corrected chi connectivity index (χ4v) is 3.94. The normalized spacial score (nSPS) is 15.0. The number of aryl methyl sites for hydroxylation is 3. The van der Waals surface area contributed by atoms with Crippen LogP contribution >= 0.6 is 35.3 Å². The number of hydrogen-bond acceptors (Lipinski definition) is 5. The quantitative estimate of drug-likeness (QED) is 0.275. The molecule has 0 atom stereocenters. The summed E-state index contributed by atoms with van der Waals surface area (Å²) in [5.74, 6) is 0.857. The molecule has 0 radical (unpaired) electrons. The molecule has 1 aliphatic heterocycles. The third kappa shape index (κ3) is 5.90. The van der Waals surface area contributed by atoms with E-state index in [1.165, 1.54) is 5.01 Å². The number of carbonyl (C=O) groups excluding carboxylic acids is 1. The Morgan fingerprint density at radius 3 is 2.79 bits per heavy atom. The maximum atomic E-state index is 12.5. The Morgan fingerprint density at radius 1 is 1.36 bits per heavy atom. The number of thiazole rings is 1. The maximum absolute atomic E-state index is 12.5. The van der Waals surface area contributed by atoms with Gasteiger partial charge in [0.25, 0.3) is 0 Å². The van der Waals surface area contributed by atoms with Crippen molar-refractivity contribution < 1.29 is 4.79 Å². The van der Waals surface area contributed by atoms with Gasteiger partial charge in [0.1, 0.15) is 6.54 Å². The summed E-state index contributed by atoms with van der Waals surface area (Å²) in [6, 6.07) is 0. The molecule has 28 heavy (non-hydrogen) atoms. The Labute approximate surface area is 187 Å². The Morgan fingerprint density at radius 2 is 2.18 bits per heavy atom. The number of aliphatic imine (C=N–C) groups is 1. The summed E-state index contributed by atoms with van der Waals surface area (Å²) in [5.41, 5.74) is 1.95. The van der Waals surface area contributed by atoms with Crippen molar-refractivity contribution >= 4 is 52.9 Å². The summed E-state index contributed by atoms with van der Waals surface area (Å²) < 4.78 is 1.71. The third-order valence-corrected chi connectivity index (χ3v) is 5.53. The number of nitrogens with one attached hydrogen (secondary N) is 1. The zero-order valence-corrected chi connectivity index (χ0v) is 19.7. The summed E-state index contributed by atoms with van der Waals surface area (Å²) in [4.78, 5) is 25.2. The SMILES string of the molecule is CN=C(NCCCCc1nc(C)cs1)N1CCN(c2cnn(C)c2)C(=O)C1.I. The van der Waals surface area contributed by atoms with E-state index in [-0.39, 0.29) is 29.9 Å². The monoisotopic (exact) mass is 517 g/mol. The van der Waals surface area contributed by atoms with E-state index in [2.05, 4.69) is 25.8 Å². The van der Waals surface area contributed by atoms with Crippen molar-refractivity contribution in [3.05, 3.63) is 28.5 Å². The van der Waals surface area contributed by atoms with Gasteiger partial charge in [-0.2, -0.15) is 5.10 Å². The zero-order valence-electron chi connectivity index (χ0n) is 16.6. The zero-order chi connectivity index (χ0) is 19.2. The second kappa shape index (κ2) is 10.7. The highest BCUT2D eigenvalue weighted by Gasteiger charge is 2.27. The van der Waals surface area contributed by atoms with Crippen molar-refractivity contribution in [3.8, 4) is 0 Å². The molecule has 154 valence electrons. The van der Waals surface area contributed by atoms with Crippen molar-refractivity contribution in [1.29, 1.82) is 0 Å². The second-order valence-electron chi connectivity index (χ2n) is 6.65. The van der Waals surface area contributed by atoms with Crippen LogP contribution in [-0.2, 0) is 18.3 Å². The molecule has 2 aromatic rings. The molecule has 0 aliphatic carbocycles. The van der Waals surface area contributed by atoms with Crippen LogP contribution in [0.1, 0.15) is 23.5 Å². The second-order valence-corrected chi connectivity index (χ2v) is 7.60. The molecule has 1 saturated heterocycles. The van der Waals surface area contributed by atoms with Gasteiger partial charge >= 0.3 is 0 Å². The number of carbonyl (C=O) groups is 1. The molecule has 0 unspecified atom stereocenters. The number of aromatic nitrogens is 3. The molecule has 1 aliphatic rings. The van der Waals surface area contributed by atoms with Gasteiger partial charge < -0.3 is 15.1 Å². The number of hydrogen-bond donors (Lipinski definition) is 1. The van der Waals surface area contributed by atoms with Gasteiger partial charge in [0.05, 0.1) is 16.9 Å². The largest absolute Gasteiger partial charge is 0.356 e. The predicted octanol–water partition coefficient (Wildman–Crippen LogP) is 2.05. The standard InChI is InChI=1S/C18H27N7OS.HI/c1-14-13-27-16(22-14)6-4-5-7-20-18(19-2)24-8-9-25(17(26)12-24)15-10-21-23(3)11-15;/h10-11,13H,4-9,12H2,1-3H3,(H,19,20);1H. The van der Waals surface area contributed by atoms with Crippen molar-refractivity contribution in [3.63, 3.8) is 0 Å². The number of unbranched alkanes of at least 4 members (excludes halogenated alkanes) is 1. The fraction of sp³-hybridized carbons (Fsp3) is 0.556. The molecule has 3 heterocycles. The number of halogens is 1. The molecule has 8 nitrogen and oxygen atoms in total. The first-order chi connectivity index (χ1) is 13.1. The van der Waals surface area contributed by atoms with Gasteiger partial charge in [0.15, 0.2) is 5.96 Å². The lowest BCUT2D eigenvalue weighted by Crippen LogP contribution is -2.55. The van der Waals surface area contributed by atoms with Gasteiger partial charge in [0.2, 0.25) is 5.91 Å². The first-order valence-electron chi connectivity index (χ1n) is 9.22. The summed E-state index contributed by atoms with van der Waals surface area (Å²) >= 11 is 1.73. The lowest BCUT2D eigenvalue weighted by molar-refractivity contribution is -0.120. The van der Waals surface area contributed by atoms with Gasteiger partial charge in [-0.05, 0) is 26.2 Å². The molecule has 0 bridgehead atoms. The fourth-order valence-electron chi connectivity index (χ4n) is 3.13. The van der Waals surface area contributed by atoms with Gasteiger partial charge in [0, 0.05) is 51.0 Å². The van der Waals surface area contributed by atoms with Gasteiger partial charge in [-0.1, -0.05) is 0 Å². The summed E-state index contributed by atoms with van der Waals surface area (Å²) in [6.45, 7) is 4.58. The molecule has 0 spiro atoms. The molecule has 1 amide bonds. The number of guanidine groups is 1. The van der Waals surface area contributed by atoms with Crippen LogP contribution in [0.2, 0.25) is 0 Å². The van der Waals surface area contributed by atoms with Crippen molar-refractivity contribution in [2.45, 2.75) is 26.2 Å². The van der Waals surface area contributed by atoms with Gasteiger partial charge in [-0.15, -0.1) is 35.3 Å². The topological polar surface area (TPSA) is 78.7 Å². The molecule has 2 aromatic heterocycles. The Balaban J connectivity index is 0.00000280. The number of amides is 1. The van der Waals surface area contributed by atoms with Crippen LogP contribution < -0.4 is 10.2 Å². The Hall–Kier alpha value is -1.69. The number of rotatable bonds is 6. The maximum Gasteiger partial charge on any atom is 0.246 e. The van der Waals surface area contributed by atoms with Crippen LogP contribution in [0.3, 0.4) is 0 Å². The highest BCUT2D eigenvalue weighted by Crippen LogP contribution is 2.16. The van der Waals surface area contributed by atoms with Crippen LogP contribution in [0.15, 0.2) is 22.8 Å². The summed E-state index contributed by atoms with van der Waals surface area (Å²) in [6.07, 6.45) is 6.74. The molecular formula is C18H28IN7OS. The highest BCUT2D eigenvalue weighted by molar-refractivity contribution is 14.0.